The van der Waals surface area contributed by atoms with E-state index in [0.29, 0.717) is 30.0 Å². The van der Waals surface area contributed by atoms with Crippen molar-refractivity contribution in [1.82, 2.24) is 8.61 Å². The molecule has 0 atom stereocenters. The maximum atomic E-state index is 13.1. The Kier molecular flexibility index (Phi) is 6.28. The number of ether oxygens (including phenoxy) is 1. The molecule has 0 radical (unpaired) electrons. The lowest BCUT2D eigenvalue weighted by atomic mass is 10.2. The third-order valence-electron chi connectivity index (χ3n) is 4.41. The minimum atomic E-state index is -3.79. The molecule has 0 saturated carbocycles. The van der Waals surface area contributed by atoms with Gasteiger partial charge in [-0.15, -0.1) is 0 Å². The fourth-order valence-electron chi connectivity index (χ4n) is 2.99. The molecule has 9 heteroatoms. The van der Waals surface area contributed by atoms with Gasteiger partial charge >= 0.3 is 0 Å². The molecule has 2 aromatic rings. The van der Waals surface area contributed by atoms with Gasteiger partial charge in [0.1, 0.15) is 11.6 Å². The molecule has 0 bridgehead atoms. The SMILES string of the molecule is COc1cccc(NC(=O)CN2CCCN(Cc3ccc(F)cc3)S2(=O)=O)c1. The first kappa shape index (κ1) is 20.2. The predicted molar refractivity (Wildman–Crippen MR) is 104 cm³/mol. The summed E-state index contributed by atoms with van der Waals surface area (Å²) >= 11 is 0. The largest absolute Gasteiger partial charge is 0.497 e. The van der Waals surface area contributed by atoms with E-state index < -0.39 is 16.1 Å². The summed E-state index contributed by atoms with van der Waals surface area (Å²) in [6.45, 7) is 0.484. The Balaban J connectivity index is 1.65. The van der Waals surface area contributed by atoms with E-state index in [1.807, 2.05) is 0 Å². The van der Waals surface area contributed by atoms with E-state index in [1.54, 1.807) is 36.4 Å². The average molecular weight is 407 g/mol. The molecule has 0 spiro atoms. The third-order valence-corrected chi connectivity index (χ3v) is 6.34. The van der Waals surface area contributed by atoms with Crippen LogP contribution in [0.2, 0.25) is 0 Å². The Labute approximate surface area is 163 Å². The molecule has 1 N–H and O–H groups in total. The van der Waals surface area contributed by atoms with Gasteiger partial charge in [0.15, 0.2) is 0 Å². The molecular formula is C19H22FN3O4S. The number of benzene rings is 2. The number of nitrogens with zero attached hydrogens (tertiary/aromatic N) is 2. The molecule has 1 amide bonds. The van der Waals surface area contributed by atoms with E-state index in [-0.39, 0.29) is 25.5 Å². The summed E-state index contributed by atoms with van der Waals surface area (Å²) in [5, 5.41) is 2.69. The summed E-state index contributed by atoms with van der Waals surface area (Å²) in [5.41, 5.74) is 1.22. The van der Waals surface area contributed by atoms with Crippen LogP contribution in [0.3, 0.4) is 0 Å². The second-order valence-corrected chi connectivity index (χ2v) is 8.36. The van der Waals surface area contributed by atoms with Crippen LogP contribution >= 0.6 is 0 Å². The molecule has 28 heavy (non-hydrogen) atoms. The normalized spacial score (nSPS) is 17.2. The van der Waals surface area contributed by atoms with Crippen molar-refractivity contribution in [2.45, 2.75) is 13.0 Å². The van der Waals surface area contributed by atoms with Crippen molar-refractivity contribution in [2.24, 2.45) is 0 Å². The topological polar surface area (TPSA) is 79.0 Å². The van der Waals surface area contributed by atoms with Crippen LogP contribution in [0.5, 0.6) is 5.75 Å². The number of rotatable bonds is 6. The van der Waals surface area contributed by atoms with Crippen molar-refractivity contribution < 1.29 is 22.3 Å². The summed E-state index contributed by atoms with van der Waals surface area (Å²) in [4.78, 5) is 12.4. The first-order valence-electron chi connectivity index (χ1n) is 8.82. The molecule has 150 valence electrons. The van der Waals surface area contributed by atoms with E-state index in [4.69, 9.17) is 4.74 Å². The van der Waals surface area contributed by atoms with Gasteiger partial charge in [0.05, 0.1) is 13.7 Å². The zero-order valence-electron chi connectivity index (χ0n) is 15.5. The monoisotopic (exact) mass is 407 g/mol. The fourth-order valence-corrected chi connectivity index (χ4v) is 4.63. The van der Waals surface area contributed by atoms with Crippen LogP contribution in [0.25, 0.3) is 0 Å². The summed E-state index contributed by atoms with van der Waals surface area (Å²) in [5.74, 6) is -0.213. The highest BCUT2D eigenvalue weighted by Gasteiger charge is 2.34. The van der Waals surface area contributed by atoms with Gasteiger partial charge in [-0.2, -0.15) is 17.0 Å². The maximum Gasteiger partial charge on any atom is 0.282 e. The maximum absolute atomic E-state index is 13.1. The predicted octanol–water partition coefficient (Wildman–Crippen LogP) is 2.23. The quantitative estimate of drug-likeness (QED) is 0.797. The lowest BCUT2D eigenvalue weighted by Crippen LogP contribution is -2.51. The highest BCUT2D eigenvalue weighted by Crippen LogP contribution is 2.20. The van der Waals surface area contributed by atoms with Crippen molar-refractivity contribution in [3.8, 4) is 5.75 Å². The van der Waals surface area contributed by atoms with Crippen molar-refractivity contribution in [3.05, 3.63) is 59.9 Å². The van der Waals surface area contributed by atoms with E-state index in [0.717, 1.165) is 4.31 Å². The standard InChI is InChI=1S/C19H22FN3O4S/c1-27-18-5-2-4-17(12-18)21-19(24)14-23-11-3-10-22(28(23,25)26)13-15-6-8-16(20)9-7-15/h2,4-9,12H,3,10-11,13-14H2,1H3,(H,21,24). The van der Waals surface area contributed by atoms with Gasteiger partial charge < -0.3 is 10.1 Å². The Morgan fingerprint density at radius 1 is 1.14 bits per heavy atom. The molecule has 1 heterocycles. The van der Waals surface area contributed by atoms with Gasteiger partial charge in [0.2, 0.25) is 5.91 Å². The lowest BCUT2D eigenvalue weighted by molar-refractivity contribution is -0.116. The van der Waals surface area contributed by atoms with Gasteiger partial charge in [-0.25, -0.2) is 4.39 Å². The van der Waals surface area contributed by atoms with Crippen LogP contribution in [0.4, 0.5) is 10.1 Å². The minimum Gasteiger partial charge on any atom is -0.497 e. The Bertz CT molecular complexity index is 934. The van der Waals surface area contributed by atoms with Crippen molar-refractivity contribution in [1.29, 1.82) is 0 Å². The number of carbonyl (C=O) groups excluding carboxylic acids is 1. The first-order valence-corrected chi connectivity index (χ1v) is 10.2. The number of methoxy groups -OCH3 is 1. The molecule has 3 rings (SSSR count). The molecule has 1 saturated heterocycles. The molecule has 0 unspecified atom stereocenters. The van der Waals surface area contributed by atoms with Crippen LogP contribution < -0.4 is 10.1 Å². The zero-order valence-corrected chi connectivity index (χ0v) is 16.3. The van der Waals surface area contributed by atoms with E-state index in [9.17, 15) is 17.6 Å². The van der Waals surface area contributed by atoms with Gasteiger partial charge in [0, 0.05) is 31.4 Å². The van der Waals surface area contributed by atoms with Gasteiger partial charge in [-0.1, -0.05) is 18.2 Å². The summed E-state index contributed by atoms with van der Waals surface area (Å²) < 4.78 is 46.3. The minimum absolute atomic E-state index is 0.136. The summed E-state index contributed by atoms with van der Waals surface area (Å²) in [7, 11) is -2.26. The number of anilines is 1. The van der Waals surface area contributed by atoms with E-state index >= 15 is 0 Å². The number of hydrogen-bond acceptors (Lipinski definition) is 4. The smallest absolute Gasteiger partial charge is 0.282 e. The van der Waals surface area contributed by atoms with Gasteiger partial charge in [0.25, 0.3) is 10.2 Å². The van der Waals surface area contributed by atoms with Crippen molar-refractivity contribution in [3.63, 3.8) is 0 Å². The Hall–Kier alpha value is -2.49. The van der Waals surface area contributed by atoms with Crippen LogP contribution in [0.15, 0.2) is 48.5 Å². The molecule has 1 fully saturated rings. The number of nitrogens with one attached hydrogen (secondary N) is 1. The third kappa shape index (κ3) is 4.86. The van der Waals surface area contributed by atoms with Crippen LogP contribution in [-0.2, 0) is 21.5 Å². The number of amides is 1. The number of carbonyl (C=O) groups is 1. The lowest BCUT2D eigenvalue weighted by Gasteiger charge is -2.34. The van der Waals surface area contributed by atoms with Crippen molar-refractivity contribution in [2.75, 3.05) is 32.1 Å². The Morgan fingerprint density at radius 3 is 2.57 bits per heavy atom. The van der Waals surface area contributed by atoms with Crippen LogP contribution in [-0.4, -0.2) is 49.7 Å². The van der Waals surface area contributed by atoms with Crippen LogP contribution in [0.1, 0.15) is 12.0 Å². The summed E-state index contributed by atoms with van der Waals surface area (Å²) in [6, 6.07) is 12.5. The van der Waals surface area contributed by atoms with Gasteiger partial charge in [-0.05, 0) is 36.2 Å². The first-order chi connectivity index (χ1) is 13.4. The highest BCUT2D eigenvalue weighted by molar-refractivity contribution is 7.86. The Morgan fingerprint density at radius 2 is 1.86 bits per heavy atom. The molecule has 1 aliphatic heterocycles. The van der Waals surface area contributed by atoms with Crippen molar-refractivity contribution >= 4 is 21.8 Å². The molecule has 1 aliphatic rings. The molecule has 2 aromatic carbocycles. The van der Waals surface area contributed by atoms with E-state index in [2.05, 4.69) is 5.32 Å². The number of halogens is 1. The highest BCUT2D eigenvalue weighted by atomic mass is 32.2. The van der Waals surface area contributed by atoms with Crippen LogP contribution in [0, 0.1) is 5.82 Å². The molecular weight excluding hydrogens is 385 g/mol. The average Bonchev–Trinajstić information content (AvgIpc) is 2.67. The number of hydrogen-bond donors (Lipinski definition) is 1. The molecule has 0 aromatic heterocycles. The molecule has 7 nitrogen and oxygen atoms in total. The second kappa shape index (κ2) is 8.68. The fraction of sp³-hybridized carbons (Fsp3) is 0.316. The van der Waals surface area contributed by atoms with Gasteiger partial charge in [-0.3, -0.25) is 4.79 Å². The van der Waals surface area contributed by atoms with E-state index in [1.165, 1.54) is 23.5 Å². The summed E-state index contributed by atoms with van der Waals surface area (Å²) in [6.07, 6.45) is 0.604. The molecule has 0 aliphatic carbocycles. The zero-order chi connectivity index (χ0) is 20.1. The second-order valence-electron chi connectivity index (χ2n) is 6.44.